The Labute approximate surface area is 176 Å². The van der Waals surface area contributed by atoms with Crippen molar-refractivity contribution < 1.29 is 9.53 Å². The molecule has 1 fully saturated rings. The molecule has 1 atom stereocenters. The summed E-state index contributed by atoms with van der Waals surface area (Å²) in [5, 5.41) is 3.00. The fourth-order valence-electron chi connectivity index (χ4n) is 3.84. The summed E-state index contributed by atoms with van der Waals surface area (Å²) in [5.74, 6) is 0.748. The summed E-state index contributed by atoms with van der Waals surface area (Å²) in [5.41, 5.74) is 2.34. The van der Waals surface area contributed by atoms with Gasteiger partial charge < -0.3 is 14.5 Å². The number of benzene rings is 3. The molecule has 1 heterocycles. The maximum atomic E-state index is 12.9. The lowest BCUT2D eigenvalue weighted by Gasteiger charge is -2.37. The Morgan fingerprint density at radius 2 is 1.69 bits per heavy atom. The minimum Gasteiger partial charge on any atom is -0.481 e. The van der Waals surface area contributed by atoms with Gasteiger partial charge in [0.2, 0.25) is 0 Å². The van der Waals surface area contributed by atoms with Crippen LogP contribution in [0.4, 0.5) is 5.69 Å². The third kappa shape index (κ3) is 4.33. The lowest BCUT2D eigenvalue weighted by Crippen LogP contribution is -2.52. The second kappa shape index (κ2) is 8.34. The first kappa shape index (κ1) is 19.6. The summed E-state index contributed by atoms with van der Waals surface area (Å²) in [6, 6.07) is 20.0. The van der Waals surface area contributed by atoms with E-state index in [9.17, 15) is 4.79 Å². The van der Waals surface area contributed by atoms with Crippen LogP contribution in [-0.4, -0.2) is 43.1 Å². The highest BCUT2D eigenvalue weighted by molar-refractivity contribution is 6.30. The number of aryl methyl sites for hydroxylation is 1. The van der Waals surface area contributed by atoms with Crippen molar-refractivity contribution in [2.24, 2.45) is 0 Å². The summed E-state index contributed by atoms with van der Waals surface area (Å²) in [4.78, 5) is 17.1. The molecule has 150 valence electrons. The molecule has 0 bridgehead atoms. The molecule has 1 aliphatic heterocycles. The smallest absolute Gasteiger partial charge is 0.263 e. The normalized spacial score (nSPS) is 15.4. The number of hydrogen-bond donors (Lipinski definition) is 0. The van der Waals surface area contributed by atoms with Crippen LogP contribution in [0.3, 0.4) is 0 Å². The Morgan fingerprint density at radius 1 is 0.966 bits per heavy atom. The maximum absolute atomic E-state index is 12.9. The number of rotatable bonds is 4. The zero-order chi connectivity index (χ0) is 20.4. The van der Waals surface area contributed by atoms with Crippen molar-refractivity contribution >= 4 is 34.0 Å². The summed E-state index contributed by atoms with van der Waals surface area (Å²) >= 11 is 6.16. The monoisotopic (exact) mass is 408 g/mol. The number of amides is 1. The van der Waals surface area contributed by atoms with Crippen LogP contribution >= 0.6 is 11.6 Å². The molecular formula is C24H25ClN2O2. The standard InChI is InChI=1S/C24H25ClN2O2/c1-17-7-9-21(25)16-23(17)26-11-13-27(14-12-26)24(28)18(2)29-22-10-8-19-5-3-4-6-20(19)15-22/h3-10,15-16,18H,11-14H2,1-2H3/t18-/m0/s1. The largest absolute Gasteiger partial charge is 0.481 e. The van der Waals surface area contributed by atoms with Gasteiger partial charge in [0.1, 0.15) is 5.75 Å². The Morgan fingerprint density at radius 3 is 2.45 bits per heavy atom. The zero-order valence-corrected chi connectivity index (χ0v) is 17.5. The molecule has 3 aromatic rings. The average molecular weight is 409 g/mol. The summed E-state index contributed by atoms with van der Waals surface area (Å²) in [6.45, 7) is 6.84. The molecular weight excluding hydrogens is 384 g/mol. The molecule has 0 N–H and O–H groups in total. The van der Waals surface area contributed by atoms with Gasteiger partial charge in [-0.2, -0.15) is 0 Å². The lowest BCUT2D eigenvalue weighted by atomic mass is 10.1. The van der Waals surface area contributed by atoms with Crippen molar-refractivity contribution in [2.75, 3.05) is 31.1 Å². The molecule has 0 saturated carbocycles. The molecule has 1 saturated heterocycles. The first-order valence-corrected chi connectivity index (χ1v) is 10.3. The number of hydrogen-bond acceptors (Lipinski definition) is 3. The SMILES string of the molecule is Cc1ccc(Cl)cc1N1CCN(C(=O)[C@H](C)Oc2ccc3ccccc3c2)CC1. The van der Waals surface area contributed by atoms with Gasteiger partial charge in [0, 0.05) is 36.9 Å². The number of halogens is 1. The first-order valence-electron chi connectivity index (χ1n) is 9.96. The molecule has 3 aromatic carbocycles. The predicted octanol–water partition coefficient (Wildman–Crippen LogP) is 4.92. The molecule has 29 heavy (non-hydrogen) atoms. The molecule has 4 nitrogen and oxygen atoms in total. The second-order valence-corrected chi connectivity index (χ2v) is 7.95. The van der Waals surface area contributed by atoms with Crippen LogP contribution in [-0.2, 0) is 4.79 Å². The fraction of sp³-hybridized carbons (Fsp3) is 0.292. The highest BCUT2D eigenvalue weighted by atomic mass is 35.5. The lowest BCUT2D eigenvalue weighted by molar-refractivity contribution is -0.138. The molecule has 1 aliphatic rings. The molecule has 0 aromatic heterocycles. The van der Waals surface area contributed by atoms with Gasteiger partial charge in [0.15, 0.2) is 6.10 Å². The van der Waals surface area contributed by atoms with E-state index in [4.69, 9.17) is 16.3 Å². The van der Waals surface area contributed by atoms with Gasteiger partial charge in [-0.1, -0.05) is 48.0 Å². The zero-order valence-electron chi connectivity index (χ0n) is 16.8. The van der Waals surface area contributed by atoms with Gasteiger partial charge >= 0.3 is 0 Å². The summed E-state index contributed by atoms with van der Waals surface area (Å²) in [7, 11) is 0. The maximum Gasteiger partial charge on any atom is 0.263 e. The first-order chi connectivity index (χ1) is 14.0. The van der Waals surface area contributed by atoms with Crippen LogP contribution in [0.1, 0.15) is 12.5 Å². The van der Waals surface area contributed by atoms with Gasteiger partial charge in [-0.3, -0.25) is 4.79 Å². The van der Waals surface area contributed by atoms with Crippen LogP contribution in [0, 0.1) is 6.92 Å². The number of carbonyl (C=O) groups is 1. The van der Waals surface area contributed by atoms with Crippen molar-refractivity contribution in [3.8, 4) is 5.75 Å². The van der Waals surface area contributed by atoms with E-state index in [0.717, 1.165) is 40.3 Å². The number of nitrogens with zero attached hydrogens (tertiary/aromatic N) is 2. The van der Waals surface area contributed by atoms with E-state index in [2.05, 4.69) is 17.9 Å². The van der Waals surface area contributed by atoms with Gasteiger partial charge in [-0.25, -0.2) is 0 Å². The Kier molecular flexibility index (Phi) is 5.63. The van der Waals surface area contributed by atoms with E-state index in [1.165, 1.54) is 5.56 Å². The minimum atomic E-state index is -0.518. The van der Waals surface area contributed by atoms with Crippen molar-refractivity contribution in [1.82, 2.24) is 4.90 Å². The average Bonchev–Trinajstić information content (AvgIpc) is 2.75. The topological polar surface area (TPSA) is 32.8 Å². The van der Waals surface area contributed by atoms with Crippen molar-refractivity contribution in [3.63, 3.8) is 0 Å². The Balaban J connectivity index is 1.37. The highest BCUT2D eigenvalue weighted by Crippen LogP contribution is 2.26. The Hall–Kier alpha value is -2.72. The number of fused-ring (bicyclic) bond motifs is 1. The number of carbonyl (C=O) groups excluding carboxylic acids is 1. The molecule has 0 aliphatic carbocycles. The van der Waals surface area contributed by atoms with Crippen molar-refractivity contribution in [1.29, 1.82) is 0 Å². The predicted molar refractivity (Wildman–Crippen MR) is 119 cm³/mol. The van der Waals surface area contributed by atoms with E-state index < -0.39 is 6.10 Å². The molecule has 1 amide bonds. The second-order valence-electron chi connectivity index (χ2n) is 7.51. The third-order valence-electron chi connectivity index (χ3n) is 5.48. The molecule has 0 unspecified atom stereocenters. The van der Waals surface area contributed by atoms with Gasteiger partial charge in [0.25, 0.3) is 5.91 Å². The van der Waals surface area contributed by atoms with Crippen LogP contribution in [0.2, 0.25) is 5.02 Å². The van der Waals surface area contributed by atoms with Crippen LogP contribution in [0.15, 0.2) is 60.7 Å². The van der Waals surface area contributed by atoms with E-state index in [1.54, 1.807) is 0 Å². The van der Waals surface area contributed by atoms with Crippen molar-refractivity contribution in [3.05, 3.63) is 71.2 Å². The van der Waals surface area contributed by atoms with E-state index in [0.29, 0.717) is 13.1 Å². The molecule has 5 heteroatoms. The van der Waals surface area contributed by atoms with Gasteiger partial charge in [-0.05, 0) is 54.4 Å². The van der Waals surface area contributed by atoms with Crippen LogP contribution in [0.25, 0.3) is 10.8 Å². The molecule has 0 spiro atoms. The van der Waals surface area contributed by atoms with E-state index in [-0.39, 0.29) is 5.91 Å². The number of ether oxygens (including phenoxy) is 1. The molecule has 4 rings (SSSR count). The van der Waals surface area contributed by atoms with Crippen LogP contribution < -0.4 is 9.64 Å². The number of anilines is 1. The summed E-state index contributed by atoms with van der Waals surface area (Å²) < 4.78 is 5.96. The summed E-state index contributed by atoms with van der Waals surface area (Å²) in [6.07, 6.45) is -0.518. The van der Waals surface area contributed by atoms with Gasteiger partial charge in [0.05, 0.1) is 0 Å². The van der Waals surface area contributed by atoms with E-state index >= 15 is 0 Å². The van der Waals surface area contributed by atoms with E-state index in [1.807, 2.05) is 66.4 Å². The highest BCUT2D eigenvalue weighted by Gasteiger charge is 2.26. The fourth-order valence-corrected chi connectivity index (χ4v) is 4.01. The Bertz CT molecular complexity index is 1030. The third-order valence-corrected chi connectivity index (χ3v) is 5.72. The number of piperazine rings is 1. The van der Waals surface area contributed by atoms with Crippen LogP contribution in [0.5, 0.6) is 5.75 Å². The molecule has 0 radical (unpaired) electrons. The minimum absolute atomic E-state index is 0.0284. The van der Waals surface area contributed by atoms with Gasteiger partial charge in [-0.15, -0.1) is 0 Å². The quantitative estimate of drug-likeness (QED) is 0.614. The van der Waals surface area contributed by atoms with Crippen molar-refractivity contribution in [2.45, 2.75) is 20.0 Å².